The molecule has 0 amide bonds. The summed E-state index contributed by atoms with van der Waals surface area (Å²) in [5.74, 6) is -0.223. The Morgan fingerprint density at radius 1 is 0.465 bits per heavy atom. The summed E-state index contributed by atoms with van der Waals surface area (Å²) in [6.45, 7) is 1.16. The van der Waals surface area contributed by atoms with Crippen molar-refractivity contribution in [2.75, 3.05) is 39.3 Å². The van der Waals surface area contributed by atoms with Crippen LogP contribution in [-0.2, 0) is 30.1 Å². The molecule has 3 saturated heterocycles. The van der Waals surface area contributed by atoms with Crippen LogP contribution in [0.2, 0.25) is 0 Å². The van der Waals surface area contributed by atoms with Crippen LogP contribution in [0.3, 0.4) is 0 Å². The predicted molar refractivity (Wildman–Crippen MR) is 161 cm³/mol. The number of hydrogen-bond acceptors (Lipinski definition) is 6. The topological polar surface area (TPSA) is 112 Å². The van der Waals surface area contributed by atoms with E-state index in [9.17, 15) is 25.3 Å². The Hall–Kier alpha value is -3.13. The van der Waals surface area contributed by atoms with Crippen LogP contribution in [0.15, 0.2) is 128 Å². The highest BCUT2D eigenvalue weighted by Gasteiger charge is 2.50. The van der Waals surface area contributed by atoms with E-state index in [1.807, 2.05) is 0 Å². The summed E-state index contributed by atoms with van der Waals surface area (Å²) in [4.78, 5) is 0.623. The third kappa shape index (κ3) is 4.71. The van der Waals surface area contributed by atoms with Crippen LogP contribution in [0, 0.1) is 11.8 Å². The molecule has 3 heterocycles. The van der Waals surface area contributed by atoms with E-state index in [2.05, 4.69) is 0 Å². The van der Waals surface area contributed by atoms with Gasteiger partial charge in [-0.2, -0.15) is 12.9 Å². The van der Waals surface area contributed by atoms with Gasteiger partial charge in [-0.3, -0.25) is 0 Å². The van der Waals surface area contributed by atoms with Crippen LogP contribution >= 0.6 is 0 Å². The highest BCUT2D eigenvalue weighted by molar-refractivity contribution is 7.89. The number of piperidine rings is 1. The lowest BCUT2D eigenvalue weighted by molar-refractivity contribution is 0.285. The SMILES string of the molecule is O=S(=O)(c1ccccc1)N1CC2=C3CN(S(=O)(=O)c4ccccc4)CC[C@@H]3[C@H]3CN(S(=O)(=O)c4ccccc4)CC3=C2C1. The van der Waals surface area contributed by atoms with Crippen molar-refractivity contribution in [2.24, 2.45) is 11.8 Å². The van der Waals surface area contributed by atoms with Crippen LogP contribution in [-0.4, -0.2) is 77.4 Å². The van der Waals surface area contributed by atoms with Gasteiger partial charge in [-0.15, -0.1) is 0 Å². The van der Waals surface area contributed by atoms with Crippen molar-refractivity contribution in [3.05, 3.63) is 113 Å². The molecule has 0 unspecified atom stereocenters. The van der Waals surface area contributed by atoms with Gasteiger partial charge in [-0.25, -0.2) is 25.3 Å². The van der Waals surface area contributed by atoms with E-state index in [1.54, 1.807) is 91.0 Å². The predicted octanol–water partition coefficient (Wildman–Crippen LogP) is 3.33. The molecule has 9 nitrogen and oxygen atoms in total. The summed E-state index contributed by atoms with van der Waals surface area (Å²) in [6.07, 6.45) is 0.525. The number of hydrogen-bond donors (Lipinski definition) is 0. The van der Waals surface area contributed by atoms with E-state index in [4.69, 9.17) is 0 Å². The fraction of sp³-hybridized carbons (Fsp3) is 0.290. The molecule has 4 aliphatic rings. The van der Waals surface area contributed by atoms with E-state index in [-0.39, 0.29) is 59.2 Å². The largest absolute Gasteiger partial charge is 0.243 e. The summed E-state index contributed by atoms with van der Waals surface area (Å²) in [7, 11) is -11.4. The normalized spacial score (nSPS) is 23.7. The van der Waals surface area contributed by atoms with Crippen molar-refractivity contribution >= 4 is 30.1 Å². The monoisotopic (exact) mass is 637 g/mol. The van der Waals surface area contributed by atoms with Crippen LogP contribution in [0.25, 0.3) is 0 Å². The van der Waals surface area contributed by atoms with Gasteiger partial charge in [0.1, 0.15) is 0 Å². The van der Waals surface area contributed by atoms with Gasteiger partial charge < -0.3 is 0 Å². The van der Waals surface area contributed by atoms with Gasteiger partial charge >= 0.3 is 0 Å². The Bertz CT molecular complexity index is 1890. The summed E-state index contributed by atoms with van der Waals surface area (Å²) in [6, 6.07) is 24.9. The molecule has 0 spiro atoms. The Balaban J connectivity index is 1.30. The second kappa shape index (κ2) is 10.5. The average Bonchev–Trinajstić information content (AvgIpc) is 3.69. The van der Waals surface area contributed by atoms with E-state index in [0.717, 1.165) is 22.3 Å². The molecule has 12 heteroatoms. The molecule has 3 fully saturated rings. The van der Waals surface area contributed by atoms with Gasteiger partial charge in [0.25, 0.3) is 0 Å². The molecule has 0 saturated carbocycles. The molecular weight excluding hydrogens is 607 g/mol. The van der Waals surface area contributed by atoms with E-state index < -0.39 is 30.1 Å². The Morgan fingerprint density at radius 3 is 1.35 bits per heavy atom. The van der Waals surface area contributed by atoms with Gasteiger partial charge in [-0.1, -0.05) is 54.6 Å². The van der Waals surface area contributed by atoms with Crippen molar-refractivity contribution in [2.45, 2.75) is 21.1 Å². The maximum Gasteiger partial charge on any atom is 0.243 e. The molecule has 224 valence electrons. The second-order valence-corrected chi connectivity index (χ2v) is 17.2. The van der Waals surface area contributed by atoms with Gasteiger partial charge in [0.05, 0.1) is 14.7 Å². The smallest absolute Gasteiger partial charge is 0.207 e. The van der Waals surface area contributed by atoms with Gasteiger partial charge in [0, 0.05) is 45.2 Å². The summed E-state index contributed by atoms with van der Waals surface area (Å²) in [5.41, 5.74) is 3.52. The van der Waals surface area contributed by atoms with Crippen LogP contribution in [0.4, 0.5) is 0 Å². The lowest BCUT2D eigenvalue weighted by Gasteiger charge is -2.40. The maximum atomic E-state index is 13.7. The van der Waals surface area contributed by atoms with Crippen LogP contribution in [0.1, 0.15) is 6.42 Å². The maximum absolute atomic E-state index is 13.7. The molecule has 0 aromatic heterocycles. The lowest BCUT2D eigenvalue weighted by Crippen LogP contribution is -2.44. The molecule has 0 bridgehead atoms. The minimum absolute atomic E-state index is 0.0775. The molecule has 3 aromatic rings. The Labute approximate surface area is 252 Å². The number of nitrogens with zero attached hydrogens (tertiary/aromatic N) is 3. The zero-order valence-corrected chi connectivity index (χ0v) is 25.7. The zero-order chi connectivity index (χ0) is 30.0. The Kier molecular flexibility index (Phi) is 6.99. The minimum atomic E-state index is -3.83. The van der Waals surface area contributed by atoms with Gasteiger partial charge in [-0.05, 0) is 71.0 Å². The molecule has 0 N–H and O–H groups in total. The minimum Gasteiger partial charge on any atom is -0.207 e. The highest BCUT2D eigenvalue weighted by atomic mass is 32.2. The highest BCUT2D eigenvalue weighted by Crippen LogP contribution is 2.50. The van der Waals surface area contributed by atoms with Crippen LogP contribution < -0.4 is 0 Å². The van der Waals surface area contributed by atoms with Gasteiger partial charge in [0.2, 0.25) is 30.1 Å². The first-order chi connectivity index (χ1) is 20.6. The summed E-state index contributed by atoms with van der Waals surface area (Å²) in [5, 5.41) is 0. The van der Waals surface area contributed by atoms with Crippen molar-refractivity contribution in [1.82, 2.24) is 12.9 Å². The molecule has 3 aromatic carbocycles. The molecule has 2 atom stereocenters. The first-order valence-electron chi connectivity index (χ1n) is 14.2. The van der Waals surface area contributed by atoms with Crippen molar-refractivity contribution < 1.29 is 25.3 Å². The molecule has 1 aliphatic carbocycles. The number of fused-ring (bicyclic) bond motifs is 4. The molecule has 0 radical (unpaired) electrons. The number of rotatable bonds is 6. The fourth-order valence-corrected chi connectivity index (χ4v) is 11.3. The van der Waals surface area contributed by atoms with Crippen molar-refractivity contribution in [1.29, 1.82) is 0 Å². The summed E-state index contributed by atoms with van der Waals surface area (Å²) >= 11 is 0. The lowest BCUT2D eigenvalue weighted by atomic mass is 9.71. The fourth-order valence-electron chi connectivity index (χ4n) is 6.97. The van der Waals surface area contributed by atoms with E-state index in [1.165, 1.54) is 12.9 Å². The van der Waals surface area contributed by atoms with Crippen molar-refractivity contribution in [3.8, 4) is 0 Å². The third-order valence-electron chi connectivity index (χ3n) is 9.12. The molecule has 3 aliphatic heterocycles. The van der Waals surface area contributed by atoms with Crippen LogP contribution in [0.5, 0.6) is 0 Å². The number of sulfonamides is 3. The second-order valence-electron chi connectivity index (χ2n) is 11.4. The molecule has 7 rings (SSSR count). The molecular formula is C31H31N3O6S3. The first-order valence-corrected chi connectivity index (χ1v) is 18.5. The molecule has 43 heavy (non-hydrogen) atoms. The zero-order valence-electron chi connectivity index (χ0n) is 23.3. The van der Waals surface area contributed by atoms with Crippen molar-refractivity contribution in [3.63, 3.8) is 0 Å². The average molecular weight is 638 g/mol. The number of benzene rings is 3. The standard InChI is InChI=1S/C31H31N3O6S3/c35-41(36,23-10-4-1-5-11-23)32-17-16-26-27(18-32)29-20-34(43(39,40)25-14-8-3-9-15-25)22-31(29)30-21-33(19-28(26)30)42(37,38)24-12-6-2-7-13-24/h1-15,26,28H,16-22H2/t26-,28+/m0/s1. The third-order valence-corrected chi connectivity index (χ3v) is 14.6. The van der Waals surface area contributed by atoms with E-state index >= 15 is 0 Å². The first kappa shape index (κ1) is 28.6. The Morgan fingerprint density at radius 2 is 0.860 bits per heavy atom. The quantitative estimate of drug-likeness (QED) is 0.410. The summed E-state index contributed by atoms with van der Waals surface area (Å²) < 4.78 is 86.4. The van der Waals surface area contributed by atoms with Gasteiger partial charge in [0.15, 0.2) is 0 Å². The van der Waals surface area contributed by atoms with E-state index in [0.29, 0.717) is 13.0 Å².